The molecule has 4 amide bonds. The van der Waals surface area contributed by atoms with E-state index < -0.39 is 38.1 Å². The molecule has 1 radical (unpaired) electrons. The molecule has 0 N–H and O–H groups in total. The molecule has 2 aliphatic rings. The van der Waals surface area contributed by atoms with Crippen molar-refractivity contribution in [2.45, 2.75) is 276 Å². The van der Waals surface area contributed by atoms with Crippen molar-refractivity contribution in [3.05, 3.63) is 71.3 Å². The number of carbonyl (C=O) groups is 4. The van der Waals surface area contributed by atoms with E-state index in [0.29, 0.717) is 84.1 Å². The van der Waals surface area contributed by atoms with Crippen molar-refractivity contribution in [3.63, 3.8) is 0 Å². The van der Waals surface area contributed by atoms with Crippen LogP contribution in [0.15, 0.2) is 31.8 Å². The van der Waals surface area contributed by atoms with Gasteiger partial charge in [0, 0.05) is 45.9 Å². The maximum Gasteiger partial charge on any atom is 0.263 e. The van der Waals surface area contributed by atoms with Crippen molar-refractivity contribution in [2.75, 3.05) is 39.5 Å². The molecule has 108 heavy (non-hydrogen) atoms. The summed E-state index contributed by atoms with van der Waals surface area (Å²) in [5.41, 5.74) is 2.24. The number of carbonyl (C=O) groups excluding carboxylic acids is 4. The van der Waals surface area contributed by atoms with Crippen molar-refractivity contribution < 1.29 is 38.1 Å². The molecule has 6 aromatic heterocycles. The summed E-state index contributed by atoms with van der Waals surface area (Å²) in [5, 5.41) is 4.83. The van der Waals surface area contributed by atoms with Crippen LogP contribution < -0.4 is 24.7 Å². The molecule has 597 valence electrons. The van der Waals surface area contributed by atoms with Crippen LogP contribution in [0.4, 0.5) is 0 Å². The number of nitrogens with zero attached hydrogens (tertiary/aromatic N) is 2. The molecule has 2 aromatic carbocycles. The van der Waals surface area contributed by atoms with Gasteiger partial charge in [0.15, 0.2) is 0 Å². The molecular weight excluding hydrogens is 1800 g/mol. The molecular formula is C88H130Br2N2O8S6Sn2+. The number of rotatable bonds is 43. The average Bonchev–Trinajstić information content (AvgIpc) is 1.57. The van der Waals surface area contributed by atoms with Gasteiger partial charge in [-0.25, -0.2) is 0 Å². The van der Waals surface area contributed by atoms with Crippen molar-refractivity contribution in [1.82, 2.24) is 9.80 Å². The Balaban J connectivity index is 0.000000245. The molecule has 0 spiro atoms. The van der Waals surface area contributed by atoms with Gasteiger partial charge in [0.1, 0.15) is 11.5 Å². The summed E-state index contributed by atoms with van der Waals surface area (Å²) >= 11 is 13.4. The molecule has 6 atom stereocenters. The van der Waals surface area contributed by atoms with Crippen LogP contribution in [0.2, 0.25) is 24.7 Å². The van der Waals surface area contributed by atoms with Gasteiger partial charge in [0.25, 0.3) is 23.6 Å². The minimum absolute atomic E-state index is 0. The second-order valence-corrected chi connectivity index (χ2v) is 64.5. The van der Waals surface area contributed by atoms with Crippen LogP contribution in [0.25, 0.3) is 50.1 Å². The van der Waals surface area contributed by atoms with E-state index in [4.69, 9.17) is 18.9 Å². The van der Waals surface area contributed by atoms with E-state index in [1.165, 1.54) is 136 Å². The Hall–Kier alpha value is -2.41. The molecule has 0 aliphatic carbocycles. The Morgan fingerprint density at radius 3 is 1.12 bits per heavy atom. The van der Waals surface area contributed by atoms with E-state index >= 15 is 0 Å². The quantitative estimate of drug-likeness (QED) is 0.0211. The summed E-state index contributed by atoms with van der Waals surface area (Å²) in [7, 11) is 0. The van der Waals surface area contributed by atoms with Crippen LogP contribution in [-0.2, 0) is 0 Å². The van der Waals surface area contributed by atoms with Gasteiger partial charge in [-0.05, 0) is 107 Å². The summed E-state index contributed by atoms with van der Waals surface area (Å²) in [6.07, 6.45) is 27.9. The summed E-state index contributed by atoms with van der Waals surface area (Å²) in [6, 6.07) is 9.49. The SMILES string of the molecule is CCCCC(CC)CN1C(=O)c2c(Br)sc(Br)c2C1=O.CCCCC(CC)COc1c2c[c]([Sn]([CH3])([CH3])[CH3])sc2c(OCC(CC)CCCC)c2c[c]([Sn]([CH3])[CH3])sc12.CCCCC(CC)COc1c2cc(-c3sc(C)c4c3C(=O)N(CC(CC)CCCC)C4=O)sc2c(OCC(CC)CCCC)c2cc(C)sc12.[CH3+]. The minimum Gasteiger partial charge on any atom is -0.491 e. The number of imide groups is 2. The monoisotopic (exact) mass is 1930 g/mol. The van der Waals surface area contributed by atoms with Crippen molar-refractivity contribution in [1.29, 1.82) is 0 Å². The van der Waals surface area contributed by atoms with Crippen LogP contribution in [0.5, 0.6) is 23.0 Å². The zero-order valence-corrected chi connectivity index (χ0v) is 83.1. The third-order valence-electron chi connectivity index (χ3n) is 22.0. The number of amides is 4. The third-order valence-corrected chi connectivity index (χ3v) is 46.4. The fourth-order valence-electron chi connectivity index (χ4n) is 14.6. The van der Waals surface area contributed by atoms with Crippen molar-refractivity contribution in [3.8, 4) is 32.8 Å². The Kier molecular flexibility index (Phi) is 38.3. The van der Waals surface area contributed by atoms with Gasteiger partial charge >= 0.3 is 249 Å². The first kappa shape index (κ1) is 92.8. The van der Waals surface area contributed by atoms with Gasteiger partial charge < -0.3 is 9.47 Å². The molecule has 0 bridgehead atoms. The summed E-state index contributed by atoms with van der Waals surface area (Å²) in [6.45, 7) is 35.1. The zero-order valence-electron chi connectivity index (χ0n) is 69.4. The Morgan fingerprint density at radius 1 is 0.407 bits per heavy atom. The van der Waals surface area contributed by atoms with Gasteiger partial charge in [-0.1, -0.05) is 132 Å². The first-order valence-electron chi connectivity index (χ1n) is 41.0. The molecule has 8 heterocycles. The van der Waals surface area contributed by atoms with Crippen LogP contribution in [0.3, 0.4) is 0 Å². The number of ether oxygens (including phenoxy) is 4. The third kappa shape index (κ3) is 22.6. The second kappa shape index (κ2) is 44.6. The number of halogens is 2. The van der Waals surface area contributed by atoms with Gasteiger partial charge in [0.2, 0.25) is 0 Å². The topological polar surface area (TPSA) is 112 Å². The van der Waals surface area contributed by atoms with E-state index in [9.17, 15) is 19.2 Å². The first-order valence-corrected chi connectivity index (χ1v) is 64.6. The Labute approximate surface area is 703 Å². The molecule has 10 rings (SSSR count). The van der Waals surface area contributed by atoms with Gasteiger partial charge in [-0.3, -0.25) is 29.0 Å². The number of aryl methyl sites for hydroxylation is 2. The largest absolute Gasteiger partial charge is 0.491 e. The zero-order chi connectivity index (χ0) is 78.0. The predicted molar refractivity (Wildman–Crippen MR) is 486 cm³/mol. The molecule has 10 nitrogen and oxygen atoms in total. The number of hydrogen-bond donors (Lipinski definition) is 0. The smallest absolute Gasteiger partial charge is 0.263 e. The Morgan fingerprint density at radius 2 is 0.741 bits per heavy atom. The fourth-order valence-corrected chi connectivity index (χ4v) is 32.5. The van der Waals surface area contributed by atoms with Crippen LogP contribution in [0.1, 0.15) is 288 Å². The summed E-state index contributed by atoms with van der Waals surface area (Å²) in [4.78, 5) is 72.4. The number of hydrogen-bond acceptors (Lipinski definition) is 14. The normalized spacial score (nSPS) is 14.7. The minimum atomic E-state index is -2.27. The van der Waals surface area contributed by atoms with E-state index in [1.54, 1.807) is 39.8 Å². The van der Waals surface area contributed by atoms with Gasteiger partial charge in [-0.15, -0.1) is 45.3 Å². The standard InChI is InChI=1S/C42H59NO4S3.C26H36O2S2.C14H17Br2NO2S.6CH3.2Sn/c1-9-15-18-28(12-4)23-43-41(44)34-27(8)49-40(35(34)42(43)45)33-22-32-37(47-25-30(14-6)20-17-11-3)38-31(21-26(7)48-38)36(39(32)50-33)46-24-29(13-5)19-16-10-2;1-5-9-11-19(7-3)17-27-23-21-13-15-30-26(21)24(22-14-16-29-25(22)23)28-18-20(8-4)12-10-6-2;1-3-5-6-8(4-2)7-17-13(18)9-10(14(17)19)12(16)20-11(9)15;;;;;;;;/h21-22,28-30H,9-20,23-25H2,1-8H3;13-14,19-20H,5-12,17-18H2,1-4H3;8H,3-7H2,1-2H3;6*1H3;;/q;;;;;;;;+1;;. The molecule has 0 saturated heterocycles. The molecule has 20 heteroatoms. The van der Waals surface area contributed by atoms with Gasteiger partial charge in [0.05, 0.1) is 57.3 Å². The van der Waals surface area contributed by atoms with Gasteiger partial charge in [-0.2, -0.15) is 0 Å². The van der Waals surface area contributed by atoms with E-state index in [1.807, 2.05) is 29.6 Å². The van der Waals surface area contributed by atoms with E-state index in [-0.39, 0.29) is 31.1 Å². The van der Waals surface area contributed by atoms with Crippen molar-refractivity contribution in [2.24, 2.45) is 35.5 Å². The summed E-state index contributed by atoms with van der Waals surface area (Å²) in [5.74, 6) is 6.60. The maximum absolute atomic E-state index is 14.1. The molecule has 2 aliphatic heterocycles. The van der Waals surface area contributed by atoms with E-state index in [0.717, 1.165) is 143 Å². The molecule has 0 fully saturated rings. The Bertz CT molecular complexity index is 4040. The number of thiophene rings is 6. The van der Waals surface area contributed by atoms with E-state index in [2.05, 4.69) is 171 Å². The maximum atomic E-state index is 14.1. The first-order chi connectivity index (χ1) is 51.3. The predicted octanol–water partition coefficient (Wildman–Crippen LogP) is 28.8. The number of unbranched alkanes of at least 4 members (excludes halogenated alkanes) is 6. The number of benzene rings is 2. The summed E-state index contributed by atoms with van der Waals surface area (Å²) < 4.78 is 37.1. The average molecular weight is 1930 g/mol. The molecule has 0 saturated carbocycles. The van der Waals surface area contributed by atoms with Crippen LogP contribution >= 0.6 is 99.9 Å². The fraction of sp³-hybridized carbons (Fsp3) is 0.625. The molecule has 6 unspecified atom stereocenters. The number of fused-ring (bicyclic) bond motifs is 6. The van der Waals surface area contributed by atoms with Crippen molar-refractivity contribution >= 4 is 208 Å². The van der Waals surface area contributed by atoms with Crippen LogP contribution in [-0.4, -0.2) is 111 Å². The van der Waals surface area contributed by atoms with Crippen LogP contribution in [0, 0.1) is 56.8 Å². The second-order valence-electron chi connectivity index (χ2n) is 31.5. The molecule has 8 aromatic rings.